The van der Waals surface area contributed by atoms with Crippen LogP contribution in [0.25, 0.3) is 0 Å². The van der Waals surface area contributed by atoms with Gasteiger partial charge in [-0.2, -0.15) is 0 Å². The molecule has 3 nitrogen and oxygen atoms in total. The minimum Gasteiger partial charge on any atom is -0.468 e. The number of benzene rings is 2. The van der Waals surface area contributed by atoms with E-state index in [1.165, 1.54) is 26.4 Å². The first-order chi connectivity index (χ1) is 12.3. The van der Waals surface area contributed by atoms with Gasteiger partial charge in [-0.3, -0.25) is 4.79 Å². The quantitative estimate of drug-likeness (QED) is 0.758. The molecule has 2 aromatic carbocycles. The number of carbonyl (C=O) groups is 1. The number of ether oxygens (including phenoxy) is 1. The van der Waals surface area contributed by atoms with Gasteiger partial charge in [-0.1, -0.05) is 67.1 Å². The maximum absolute atomic E-state index is 13.1. The number of carbonyl (C=O) groups excluding carboxylic acids is 1. The minimum atomic E-state index is -0.754. The van der Waals surface area contributed by atoms with Gasteiger partial charge in [0.2, 0.25) is 0 Å². The Morgan fingerprint density at radius 1 is 1.04 bits per heavy atom. The number of hydrogen-bond donors (Lipinski definition) is 1. The third-order valence-electron chi connectivity index (χ3n) is 5.35. The number of esters is 1. The van der Waals surface area contributed by atoms with Crippen LogP contribution >= 0.6 is 12.4 Å². The molecule has 2 aromatic rings. The maximum atomic E-state index is 13.1. The predicted molar refractivity (Wildman–Crippen MR) is 108 cm³/mol. The first kappa shape index (κ1) is 20.5. The zero-order chi connectivity index (χ0) is 17.5. The van der Waals surface area contributed by atoms with Crippen molar-refractivity contribution in [2.24, 2.45) is 0 Å². The van der Waals surface area contributed by atoms with Crippen molar-refractivity contribution in [3.05, 3.63) is 71.8 Å². The standard InChI is InChI=1S/C22H27NO2.ClH/c1-25-21(24)22(18-10-4-2-5-11-18,19-12-6-3-7-13-19)16-15-20-14-8-9-17-23-20;/h2-7,10-13,20,23H,8-9,14-17H2,1H3;1H. The van der Waals surface area contributed by atoms with Gasteiger partial charge < -0.3 is 10.1 Å². The van der Waals surface area contributed by atoms with Gasteiger partial charge in [-0.15, -0.1) is 12.4 Å². The van der Waals surface area contributed by atoms with Gasteiger partial charge in [0.25, 0.3) is 0 Å². The van der Waals surface area contributed by atoms with Crippen molar-refractivity contribution in [3.63, 3.8) is 0 Å². The van der Waals surface area contributed by atoms with Crippen LogP contribution in [0.4, 0.5) is 0 Å². The molecule has 0 radical (unpaired) electrons. The predicted octanol–water partition coefficient (Wildman–Crippen LogP) is 4.49. The third-order valence-corrected chi connectivity index (χ3v) is 5.35. The van der Waals surface area contributed by atoms with Crippen LogP contribution in [0.1, 0.15) is 43.2 Å². The molecule has 1 heterocycles. The van der Waals surface area contributed by atoms with Gasteiger partial charge in [0.15, 0.2) is 0 Å². The highest BCUT2D eigenvalue weighted by atomic mass is 35.5. The zero-order valence-electron chi connectivity index (χ0n) is 15.3. The Kier molecular flexibility index (Phi) is 7.67. The number of piperidine rings is 1. The molecule has 0 aromatic heterocycles. The molecule has 1 aliphatic rings. The van der Waals surface area contributed by atoms with Gasteiger partial charge in [0.05, 0.1) is 7.11 Å². The maximum Gasteiger partial charge on any atom is 0.320 e. The molecule has 1 saturated heterocycles. The fourth-order valence-electron chi connectivity index (χ4n) is 3.97. The molecule has 1 fully saturated rings. The fraction of sp³-hybridized carbons (Fsp3) is 0.409. The molecule has 0 saturated carbocycles. The number of rotatable bonds is 6. The lowest BCUT2D eigenvalue weighted by Crippen LogP contribution is -2.41. The van der Waals surface area contributed by atoms with E-state index in [1.807, 2.05) is 60.7 Å². The fourth-order valence-corrected chi connectivity index (χ4v) is 3.97. The smallest absolute Gasteiger partial charge is 0.320 e. The van der Waals surface area contributed by atoms with Gasteiger partial charge in [0.1, 0.15) is 5.41 Å². The molecule has 0 bridgehead atoms. The Balaban J connectivity index is 0.00000243. The Bertz CT molecular complexity index is 630. The van der Waals surface area contributed by atoms with Gasteiger partial charge in [-0.05, 0) is 43.4 Å². The summed E-state index contributed by atoms with van der Waals surface area (Å²) < 4.78 is 5.31. The van der Waals surface area contributed by atoms with E-state index in [0.717, 1.165) is 30.5 Å². The largest absolute Gasteiger partial charge is 0.468 e. The summed E-state index contributed by atoms with van der Waals surface area (Å²) >= 11 is 0. The molecule has 1 unspecified atom stereocenters. The average molecular weight is 374 g/mol. The Hall–Kier alpha value is -1.84. The van der Waals surface area contributed by atoms with Crippen molar-refractivity contribution in [3.8, 4) is 0 Å². The highest BCUT2D eigenvalue weighted by molar-refractivity contribution is 5.87. The summed E-state index contributed by atoms with van der Waals surface area (Å²) in [5.74, 6) is -0.180. The SMILES string of the molecule is COC(=O)C(CCC1CCCCN1)(c1ccccc1)c1ccccc1.Cl. The van der Waals surface area contributed by atoms with E-state index in [4.69, 9.17) is 4.74 Å². The molecular formula is C22H28ClNO2. The first-order valence-corrected chi connectivity index (χ1v) is 9.20. The van der Waals surface area contributed by atoms with Crippen molar-refractivity contribution >= 4 is 18.4 Å². The molecule has 1 N–H and O–H groups in total. The number of hydrogen-bond acceptors (Lipinski definition) is 3. The van der Waals surface area contributed by atoms with E-state index in [-0.39, 0.29) is 18.4 Å². The van der Waals surface area contributed by atoms with Gasteiger partial charge >= 0.3 is 5.97 Å². The second-order valence-corrected chi connectivity index (χ2v) is 6.81. The minimum absolute atomic E-state index is 0. The van der Waals surface area contributed by atoms with Crippen LogP contribution in [0.5, 0.6) is 0 Å². The van der Waals surface area contributed by atoms with Gasteiger partial charge in [0, 0.05) is 6.04 Å². The van der Waals surface area contributed by atoms with Crippen LogP contribution in [-0.2, 0) is 14.9 Å². The lowest BCUT2D eigenvalue weighted by molar-refractivity contribution is -0.146. The van der Waals surface area contributed by atoms with Crippen molar-refractivity contribution in [1.29, 1.82) is 0 Å². The Labute approximate surface area is 162 Å². The molecule has 1 atom stereocenters. The number of halogens is 1. The van der Waals surface area contributed by atoms with Crippen LogP contribution in [0.2, 0.25) is 0 Å². The second-order valence-electron chi connectivity index (χ2n) is 6.81. The Morgan fingerprint density at radius 3 is 2.08 bits per heavy atom. The normalized spacial score (nSPS) is 17.2. The van der Waals surface area contributed by atoms with Crippen molar-refractivity contribution in [2.45, 2.75) is 43.6 Å². The van der Waals surface area contributed by atoms with Crippen molar-refractivity contribution in [1.82, 2.24) is 5.32 Å². The topological polar surface area (TPSA) is 38.3 Å². The lowest BCUT2D eigenvalue weighted by atomic mass is 9.70. The molecule has 26 heavy (non-hydrogen) atoms. The molecule has 0 spiro atoms. The molecule has 1 aliphatic heterocycles. The van der Waals surface area contributed by atoms with E-state index in [0.29, 0.717) is 6.04 Å². The monoisotopic (exact) mass is 373 g/mol. The molecule has 3 rings (SSSR count). The summed E-state index contributed by atoms with van der Waals surface area (Å²) in [7, 11) is 1.49. The van der Waals surface area contributed by atoms with Crippen molar-refractivity contribution < 1.29 is 9.53 Å². The average Bonchev–Trinajstić information content (AvgIpc) is 2.70. The van der Waals surface area contributed by atoms with Crippen LogP contribution in [0.15, 0.2) is 60.7 Å². The summed E-state index contributed by atoms with van der Waals surface area (Å²) in [6, 6.07) is 20.6. The molecule has 0 aliphatic carbocycles. The van der Waals surface area contributed by atoms with Crippen LogP contribution in [-0.4, -0.2) is 25.7 Å². The van der Waals surface area contributed by atoms with E-state index in [9.17, 15) is 4.79 Å². The van der Waals surface area contributed by atoms with E-state index in [2.05, 4.69) is 5.32 Å². The van der Waals surface area contributed by atoms with Crippen LogP contribution in [0.3, 0.4) is 0 Å². The summed E-state index contributed by atoms with van der Waals surface area (Å²) in [5, 5.41) is 3.60. The number of nitrogens with one attached hydrogen (secondary N) is 1. The molecule has 0 amide bonds. The van der Waals surface area contributed by atoms with E-state index >= 15 is 0 Å². The molecule has 140 valence electrons. The second kappa shape index (κ2) is 9.75. The highest BCUT2D eigenvalue weighted by Gasteiger charge is 2.43. The van der Waals surface area contributed by atoms with Gasteiger partial charge in [-0.25, -0.2) is 0 Å². The first-order valence-electron chi connectivity index (χ1n) is 9.20. The van der Waals surface area contributed by atoms with Crippen molar-refractivity contribution in [2.75, 3.05) is 13.7 Å². The highest BCUT2D eigenvalue weighted by Crippen LogP contribution is 2.39. The summed E-state index contributed by atoms with van der Waals surface area (Å²) in [6.07, 6.45) is 5.39. The van der Waals surface area contributed by atoms with Crippen LogP contribution < -0.4 is 5.32 Å². The van der Waals surface area contributed by atoms with E-state index < -0.39 is 5.41 Å². The lowest BCUT2D eigenvalue weighted by Gasteiger charge is -2.34. The van der Waals surface area contributed by atoms with E-state index in [1.54, 1.807) is 0 Å². The Morgan fingerprint density at radius 2 is 1.62 bits per heavy atom. The van der Waals surface area contributed by atoms with Crippen LogP contribution in [0, 0.1) is 0 Å². The molecule has 4 heteroatoms. The zero-order valence-corrected chi connectivity index (χ0v) is 16.1. The molecular weight excluding hydrogens is 346 g/mol. The summed E-state index contributed by atoms with van der Waals surface area (Å²) in [5.41, 5.74) is 1.25. The summed E-state index contributed by atoms with van der Waals surface area (Å²) in [6.45, 7) is 1.08. The third kappa shape index (κ3) is 4.28. The number of methoxy groups -OCH3 is 1. The summed E-state index contributed by atoms with van der Waals surface area (Å²) in [4.78, 5) is 13.1.